The van der Waals surface area contributed by atoms with E-state index >= 15 is 0 Å². The zero-order valence-corrected chi connectivity index (χ0v) is 37.9. The Kier molecular flexibility index (Phi) is 17.8. The summed E-state index contributed by atoms with van der Waals surface area (Å²) in [5.41, 5.74) is 11.2. The highest BCUT2D eigenvalue weighted by atomic mass is 16.7. The fraction of sp³-hybridized carbons (Fsp3) is 0.512. The van der Waals surface area contributed by atoms with Crippen molar-refractivity contribution in [1.29, 1.82) is 0 Å². The predicted molar refractivity (Wildman–Crippen MR) is 219 cm³/mol. The molecule has 2 fully saturated rings. The molecule has 2 amide bonds. The van der Waals surface area contributed by atoms with Crippen LogP contribution in [0.5, 0.6) is 11.5 Å². The molecule has 67 heavy (non-hydrogen) atoms. The van der Waals surface area contributed by atoms with E-state index < -0.39 is 128 Å². The first kappa shape index (κ1) is 52.4. The van der Waals surface area contributed by atoms with Gasteiger partial charge in [0.1, 0.15) is 30.8 Å². The summed E-state index contributed by atoms with van der Waals surface area (Å²) < 4.78 is 71.0. The van der Waals surface area contributed by atoms with Crippen molar-refractivity contribution in [2.24, 2.45) is 11.5 Å². The summed E-state index contributed by atoms with van der Waals surface area (Å²) in [7, 11) is 2.10. The molecule has 2 aromatic carbocycles. The molecule has 0 aliphatic carbocycles. The van der Waals surface area contributed by atoms with E-state index in [4.69, 9.17) is 73.0 Å². The third kappa shape index (κ3) is 13.9. The van der Waals surface area contributed by atoms with Crippen LogP contribution in [0.3, 0.4) is 0 Å². The highest BCUT2D eigenvalue weighted by Gasteiger charge is 2.56. The molecule has 2 saturated heterocycles. The molecule has 0 aromatic heterocycles. The molecule has 4 N–H and O–H groups in total. The van der Waals surface area contributed by atoms with Crippen molar-refractivity contribution < 1.29 is 105 Å². The van der Waals surface area contributed by atoms with Crippen LogP contribution in [-0.4, -0.2) is 123 Å². The molecule has 0 radical (unpaired) electrons. The number of primary amides is 2. The number of methoxy groups -OCH3 is 2. The van der Waals surface area contributed by atoms with E-state index in [0.29, 0.717) is 11.1 Å². The summed E-state index contributed by atoms with van der Waals surface area (Å²) in [6, 6.07) is 9.41. The van der Waals surface area contributed by atoms with Crippen LogP contribution in [0.25, 0.3) is 0 Å². The van der Waals surface area contributed by atoms with Gasteiger partial charge in [-0.2, -0.15) is 0 Å². The van der Waals surface area contributed by atoms with E-state index in [1.807, 2.05) is 0 Å². The smallest absolute Gasteiger partial charge is 0.404 e. The first-order chi connectivity index (χ1) is 31.4. The number of ether oxygens (including phenoxy) is 13. The highest BCUT2D eigenvalue weighted by molar-refractivity contribution is 5.78. The van der Waals surface area contributed by atoms with Crippen LogP contribution in [0, 0.1) is 0 Å². The molecule has 24 heteroatoms. The van der Waals surface area contributed by atoms with Gasteiger partial charge in [0.25, 0.3) is 0 Å². The van der Waals surface area contributed by atoms with Gasteiger partial charge in [-0.25, -0.2) is 19.2 Å². The van der Waals surface area contributed by atoms with E-state index in [-0.39, 0.29) is 29.0 Å². The van der Waals surface area contributed by atoms with Gasteiger partial charge in [0.05, 0.1) is 20.6 Å². The van der Waals surface area contributed by atoms with Crippen molar-refractivity contribution in [3.63, 3.8) is 0 Å². The molecule has 366 valence electrons. The molecule has 4 rings (SSSR count). The van der Waals surface area contributed by atoms with Crippen LogP contribution in [-0.2, 0) is 104 Å². The van der Waals surface area contributed by atoms with Gasteiger partial charge in [-0.05, 0) is 35.4 Å². The number of hydrogen-bond acceptors (Lipinski definition) is 22. The molecule has 2 heterocycles. The third-order valence-corrected chi connectivity index (χ3v) is 10.1. The number of esters is 7. The van der Waals surface area contributed by atoms with E-state index in [2.05, 4.69) is 0 Å². The van der Waals surface area contributed by atoms with Crippen LogP contribution in [0.1, 0.15) is 77.1 Å². The second-order valence-corrected chi connectivity index (χ2v) is 15.4. The van der Waals surface area contributed by atoms with Crippen molar-refractivity contribution >= 4 is 54.0 Å². The minimum absolute atomic E-state index is 0.0703. The first-order valence-electron chi connectivity index (χ1n) is 20.2. The third-order valence-electron chi connectivity index (χ3n) is 10.1. The Balaban J connectivity index is 1.77. The summed E-state index contributed by atoms with van der Waals surface area (Å²) in [5.74, 6) is -6.28. The second-order valence-electron chi connectivity index (χ2n) is 15.4. The summed E-state index contributed by atoms with van der Waals surface area (Å²) >= 11 is 0. The van der Waals surface area contributed by atoms with Crippen LogP contribution in [0.15, 0.2) is 36.4 Å². The predicted octanol–water partition coefficient (Wildman–Crippen LogP) is 1.81. The quantitative estimate of drug-likeness (QED) is 0.169. The lowest BCUT2D eigenvalue weighted by molar-refractivity contribution is -0.282. The zero-order chi connectivity index (χ0) is 49.9. The lowest BCUT2D eigenvalue weighted by Crippen LogP contribution is -2.64. The highest BCUT2D eigenvalue weighted by Crippen LogP contribution is 2.39. The molecule has 0 spiro atoms. The van der Waals surface area contributed by atoms with E-state index in [1.165, 1.54) is 12.1 Å². The average Bonchev–Trinajstić information content (AvgIpc) is 3.23. The molecule has 0 bridgehead atoms. The van der Waals surface area contributed by atoms with Gasteiger partial charge in [0.15, 0.2) is 30.5 Å². The van der Waals surface area contributed by atoms with Crippen LogP contribution in [0.4, 0.5) is 9.59 Å². The van der Waals surface area contributed by atoms with Gasteiger partial charge in [-0.15, -0.1) is 0 Å². The molecule has 24 nitrogen and oxygen atoms in total. The standard InChI is InChI=1S/C43H52N2O22/c1-19(46)59-30-16-31(66-35(38(51)55-8)32(30)60-20(2)47)64-28-12-10-26(14-24(28)17-57-41(44)53)43(6,7)27-11-13-29(25(15-27)18-58-42(45)54)65-40-37(63-23(5)50)34(62-22(4)49)33(61-21(3)48)36(67-40)39(52)56-9/h10-15,30-37,40H,16-18H2,1-9H3,(H2,44,53)(H2,45,54)/t30-,31-,32+,33+,34+,35+,36+,37-,40-/m1/s1. The fourth-order valence-corrected chi connectivity index (χ4v) is 7.15. The molecule has 2 aliphatic rings. The molecule has 0 unspecified atom stereocenters. The lowest BCUT2D eigenvalue weighted by atomic mass is 9.77. The minimum Gasteiger partial charge on any atom is -0.467 e. The second kappa shape index (κ2) is 22.8. The Hall–Kier alpha value is -7.21. The van der Waals surface area contributed by atoms with Gasteiger partial charge < -0.3 is 73.0 Å². The van der Waals surface area contributed by atoms with E-state index in [1.54, 1.807) is 38.1 Å². The van der Waals surface area contributed by atoms with Gasteiger partial charge in [0, 0.05) is 51.2 Å². The number of rotatable bonds is 17. The number of amides is 2. The number of carbonyl (C=O) groups is 9. The maximum Gasteiger partial charge on any atom is 0.404 e. The SMILES string of the molecule is COC(=O)[C@H]1O[C@@H](Oc2ccc(C(C)(C)c3ccc(O[C@@H]4O[C@H](C(=O)OC)[C@@H](OC(C)=O)[C@H](OC(C)=O)[C@H]4OC(C)=O)c(COC(N)=O)c3)cc2COC(N)=O)C[C@@H](OC(C)=O)[C@@H]1OC(C)=O. The fourth-order valence-electron chi connectivity index (χ4n) is 7.15. The summed E-state index contributed by atoms with van der Waals surface area (Å²) in [4.78, 5) is 110. The maximum atomic E-state index is 13.0. The molecular formula is C43H52N2O22. The Bertz CT molecular complexity index is 2210. The number of hydrogen-bond donors (Lipinski definition) is 2. The molecular weight excluding hydrogens is 896 g/mol. The van der Waals surface area contributed by atoms with Gasteiger partial charge in [0.2, 0.25) is 18.7 Å². The normalized spacial score (nSPS) is 23.4. The van der Waals surface area contributed by atoms with Gasteiger partial charge >= 0.3 is 54.0 Å². The topological polar surface area (TPSA) is 326 Å². The van der Waals surface area contributed by atoms with Crippen molar-refractivity contribution in [1.82, 2.24) is 0 Å². The Labute approximate surface area is 382 Å². The minimum atomic E-state index is -1.77. The molecule has 9 atom stereocenters. The van der Waals surface area contributed by atoms with Crippen molar-refractivity contribution in [2.45, 2.75) is 129 Å². The summed E-state index contributed by atoms with van der Waals surface area (Å²) in [6.45, 7) is 7.98. The molecule has 2 aliphatic heterocycles. The van der Waals surface area contributed by atoms with E-state index in [0.717, 1.165) is 48.8 Å². The number of carbonyl (C=O) groups excluding carboxylic acids is 9. The van der Waals surface area contributed by atoms with Crippen LogP contribution in [0.2, 0.25) is 0 Å². The zero-order valence-electron chi connectivity index (χ0n) is 37.9. The Morgan fingerprint density at radius 2 is 0.985 bits per heavy atom. The van der Waals surface area contributed by atoms with Crippen LogP contribution >= 0.6 is 0 Å². The maximum absolute atomic E-state index is 13.0. The summed E-state index contributed by atoms with van der Waals surface area (Å²) in [6.07, 6.45) is -16.6. The van der Waals surface area contributed by atoms with Crippen molar-refractivity contribution in [3.05, 3.63) is 58.7 Å². The Morgan fingerprint density at radius 3 is 1.43 bits per heavy atom. The monoisotopic (exact) mass is 948 g/mol. The molecule has 0 saturated carbocycles. The lowest BCUT2D eigenvalue weighted by Gasteiger charge is -2.43. The Morgan fingerprint density at radius 1 is 0.567 bits per heavy atom. The number of benzene rings is 2. The van der Waals surface area contributed by atoms with Gasteiger partial charge in [-0.3, -0.25) is 24.0 Å². The van der Waals surface area contributed by atoms with Crippen molar-refractivity contribution in [2.75, 3.05) is 14.2 Å². The average molecular weight is 949 g/mol. The van der Waals surface area contributed by atoms with Gasteiger partial charge in [-0.1, -0.05) is 26.0 Å². The molecule has 2 aromatic rings. The van der Waals surface area contributed by atoms with Crippen molar-refractivity contribution in [3.8, 4) is 11.5 Å². The summed E-state index contributed by atoms with van der Waals surface area (Å²) in [5, 5.41) is 0. The van der Waals surface area contributed by atoms with Crippen LogP contribution < -0.4 is 20.9 Å². The largest absolute Gasteiger partial charge is 0.467 e. The number of nitrogens with two attached hydrogens (primary N) is 2. The van der Waals surface area contributed by atoms with E-state index in [9.17, 15) is 43.2 Å². The first-order valence-corrected chi connectivity index (χ1v) is 20.2.